The van der Waals surface area contributed by atoms with Gasteiger partial charge in [0.15, 0.2) is 9.84 Å². The number of benzene rings is 1. The predicted molar refractivity (Wildman–Crippen MR) is 79.2 cm³/mol. The smallest absolute Gasteiger partial charge is 0.304 e. The number of halogens is 2. The van der Waals surface area contributed by atoms with E-state index in [1.54, 1.807) is 11.0 Å². The summed E-state index contributed by atoms with van der Waals surface area (Å²) in [5, 5.41) is 8.92. The molecule has 0 saturated carbocycles. The van der Waals surface area contributed by atoms with E-state index in [0.29, 0.717) is 16.6 Å². The Kier molecular flexibility index (Phi) is 5.00. The van der Waals surface area contributed by atoms with Crippen molar-refractivity contribution in [3.63, 3.8) is 0 Å². The molecule has 2 rings (SSSR count). The summed E-state index contributed by atoms with van der Waals surface area (Å²) in [4.78, 5) is 12.7. The number of rotatable bonds is 4. The number of nitrogens with zero attached hydrogens (tertiary/aromatic N) is 1. The van der Waals surface area contributed by atoms with Crippen molar-refractivity contribution in [3.8, 4) is 0 Å². The lowest BCUT2D eigenvalue weighted by molar-refractivity contribution is -0.138. The van der Waals surface area contributed by atoms with Crippen LogP contribution < -0.4 is 0 Å². The summed E-state index contributed by atoms with van der Waals surface area (Å²) in [6.45, 7) is 0.582. The van der Waals surface area contributed by atoms with Gasteiger partial charge >= 0.3 is 5.97 Å². The molecule has 1 saturated heterocycles. The second-order valence-corrected chi connectivity index (χ2v) is 8.26. The molecule has 0 aliphatic carbocycles. The summed E-state index contributed by atoms with van der Waals surface area (Å²) >= 11 is 3.20. The Balaban J connectivity index is 2.17. The summed E-state index contributed by atoms with van der Waals surface area (Å²) < 4.78 is 37.3. The van der Waals surface area contributed by atoms with E-state index in [4.69, 9.17) is 5.11 Å². The topological polar surface area (TPSA) is 74.7 Å². The normalized spacial score (nSPS) is 22.1. The maximum Gasteiger partial charge on any atom is 0.304 e. The van der Waals surface area contributed by atoms with Gasteiger partial charge in [0.2, 0.25) is 0 Å². The van der Waals surface area contributed by atoms with Crippen LogP contribution in [0.5, 0.6) is 0 Å². The molecule has 1 aromatic rings. The van der Waals surface area contributed by atoms with Crippen LogP contribution in [0.15, 0.2) is 22.7 Å². The molecule has 1 heterocycles. The standard InChI is InChI=1S/C13H15BrFNO4S/c14-10-3-9(4-11(15)5-10)7-16-1-2-21(19,20)8-12(16)6-13(17)18/h3-5,12H,1-2,6-8H2,(H,17,18). The number of aliphatic carboxylic acids is 1. The molecule has 1 fully saturated rings. The monoisotopic (exact) mass is 379 g/mol. The zero-order valence-corrected chi connectivity index (χ0v) is 13.5. The number of sulfone groups is 1. The fourth-order valence-corrected chi connectivity index (χ4v) is 4.56. The minimum Gasteiger partial charge on any atom is -0.481 e. The zero-order valence-electron chi connectivity index (χ0n) is 11.1. The van der Waals surface area contributed by atoms with Crippen molar-refractivity contribution in [2.24, 2.45) is 0 Å². The Hall–Kier alpha value is -0.990. The maximum atomic E-state index is 13.4. The Labute approximate surface area is 130 Å². The molecule has 5 nitrogen and oxygen atoms in total. The molecule has 0 radical (unpaired) electrons. The second kappa shape index (κ2) is 6.41. The highest BCUT2D eigenvalue weighted by Gasteiger charge is 2.32. The molecule has 1 atom stereocenters. The molecular weight excluding hydrogens is 365 g/mol. The van der Waals surface area contributed by atoms with Crippen LogP contribution in [0.25, 0.3) is 0 Å². The van der Waals surface area contributed by atoms with Crippen molar-refractivity contribution in [2.45, 2.75) is 19.0 Å². The summed E-state index contributed by atoms with van der Waals surface area (Å²) in [5.41, 5.74) is 0.677. The average molecular weight is 380 g/mol. The van der Waals surface area contributed by atoms with E-state index in [9.17, 15) is 17.6 Å². The molecule has 1 aliphatic rings. The average Bonchev–Trinajstić information content (AvgIpc) is 2.30. The minimum atomic E-state index is -3.21. The van der Waals surface area contributed by atoms with Gasteiger partial charge in [-0.15, -0.1) is 0 Å². The van der Waals surface area contributed by atoms with Gasteiger partial charge in [0.25, 0.3) is 0 Å². The van der Waals surface area contributed by atoms with E-state index in [1.165, 1.54) is 12.1 Å². The van der Waals surface area contributed by atoms with Crippen LogP contribution in [0.4, 0.5) is 4.39 Å². The van der Waals surface area contributed by atoms with Gasteiger partial charge < -0.3 is 5.11 Å². The van der Waals surface area contributed by atoms with Crippen LogP contribution in [0.3, 0.4) is 0 Å². The second-order valence-electron chi connectivity index (χ2n) is 5.11. The maximum absolute atomic E-state index is 13.4. The minimum absolute atomic E-state index is 0.000392. The zero-order chi connectivity index (χ0) is 15.6. The lowest BCUT2D eigenvalue weighted by atomic mass is 10.1. The summed E-state index contributed by atoms with van der Waals surface area (Å²) in [5.74, 6) is -1.60. The number of carbonyl (C=O) groups is 1. The van der Waals surface area contributed by atoms with Gasteiger partial charge in [0.1, 0.15) is 5.82 Å². The van der Waals surface area contributed by atoms with Crippen LogP contribution in [0.2, 0.25) is 0 Å². The Morgan fingerprint density at radius 1 is 1.43 bits per heavy atom. The van der Waals surface area contributed by atoms with Gasteiger partial charge in [0.05, 0.1) is 17.9 Å². The lowest BCUT2D eigenvalue weighted by Gasteiger charge is -2.34. The van der Waals surface area contributed by atoms with Gasteiger partial charge in [-0.1, -0.05) is 15.9 Å². The molecule has 1 unspecified atom stereocenters. The molecule has 1 aromatic carbocycles. The molecule has 0 aromatic heterocycles. The van der Waals surface area contributed by atoms with Gasteiger partial charge in [-0.25, -0.2) is 12.8 Å². The third-order valence-corrected chi connectivity index (χ3v) is 5.53. The lowest BCUT2D eigenvalue weighted by Crippen LogP contribution is -2.48. The number of carboxylic acids is 1. The number of hydrogen-bond donors (Lipinski definition) is 1. The summed E-state index contributed by atoms with van der Waals surface area (Å²) in [6, 6.07) is 3.86. The number of carboxylic acid groups (broad SMARTS) is 1. The van der Waals surface area contributed by atoms with Crippen LogP contribution in [0.1, 0.15) is 12.0 Å². The Morgan fingerprint density at radius 2 is 2.14 bits per heavy atom. The largest absolute Gasteiger partial charge is 0.481 e. The molecular formula is C13H15BrFNO4S. The molecule has 116 valence electrons. The molecule has 1 N–H and O–H groups in total. The van der Waals surface area contributed by atoms with Crippen molar-refractivity contribution in [3.05, 3.63) is 34.1 Å². The van der Waals surface area contributed by atoms with Crippen LogP contribution in [-0.2, 0) is 21.2 Å². The third kappa shape index (κ3) is 4.76. The molecule has 1 aliphatic heterocycles. The first-order valence-corrected chi connectivity index (χ1v) is 8.98. The fourth-order valence-electron chi connectivity index (χ4n) is 2.46. The highest BCUT2D eigenvalue weighted by Crippen LogP contribution is 2.21. The van der Waals surface area contributed by atoms with E-state index in [-0.39, 0.29) is 24.5 Å². The van der Waals surface area contributed by atoms with Gasteiger partial charge in [-0.3, -0.25) is 9.69 Å². The third-order valence-electron chi connectivity index (χ3n) is 3.37. The Bertz CT molecular complexity index is 629. The number of hydrogen-bond acceptors (Lipinski definition) is 4. The Morgan fingerprint density at radius 3 is 2.76 bits per heavy atom. The van der Waals surface area contributed by atoms with E-state index < -0.39 is 27.7 Å². The van der Waals surface area contributed by atoms with Gasteiger partial charge in [-0.2, -0.15) is 0 Å². The summed E-state index contributed by atoms with van der Waals surface area (Å²) in [6.07, 6.45) is -0.240. The first-order valence-electron chi connectivity index (χ1n) is 6.36. The van der Waals surface area contributed by atoms with Gasteiger partial charge in [0, 0.05) is 23.6 Å². The molecule has 0 bridgehead atoms. The summed E-state index contributed by atoms with van der Waals surface area (Å²) in [7, 11) is -3.21. The highest BCUT2D eigenvalue weighted by atomic mass is 79.9. The first-order chi connectivity index (χ1) is 9.75. The molecule has 0 spiro atoms. The fraction of sp³-hybridized carbons (Fsp3) is 0.462. The van der Waals surface area contributed by atoms with Crippen LogP contribution >= 0.6 is 15.9 Å². The van der Waals surface area contributed by atoms with Crippen molar-refractivity contribution in [1.82, 2.24) is 4.90 Å². The van der Waals surface area contributed by atoms with Crippen molar-refractivity contribution >= 4 is 31.7 Å². The van der Waals surface area contributed by atoms with Gasteiger partial charge in [-0.05, 0) is 23.8 Å². The van der Waals surface area contributed by atoms with Crippen molar-refractivity contribution in [1.29, 1.82) is 0 Å². The van der Waals surface area contributed by atoms with E-state index in [2.05, 4.69) is 15.9 Å². The van der Waals surface area contributed by atoms with Crippen LogP contribution in [-0.4, -0.2) is 48.5 Å². The first kappa shape index (κ1) is 16.4. The molecule has 21 heavy (non-hydrogen) atoms. The SMILES string of the molecule is O=C(O)CC1CS(=O)(=O)CCN1Cc1cc(F)cc(Br)c1. The van der Waals surface area contributed by atoms with E-state index >= 15 is 0 Å². The molecule has 8 heteroatoms. The van der Waals surface area contributed by atoms with E-state index in [0.717, 1.165) is 0 Å². The quantitative estimate of drug-likeness (QED) is 0.860. The van der Waals surface area contributed by atoms with Crippen molar-refractivity contribution in [2.75, 3.05) is 18.1 Å². The van der Waals surface area contributed by atoms with Crippen LogP contribution in [0, 0.1) is 5.82 Å². The van der Waals surface area contributed by atoms with E-state index in [1.807, 2.05) is 0 Å². The highest BCUT2D eigenvalue weighted by molar-refractivity contribution is 9.10. The molecule has 0 amide bonds. The van der Waals surface area contributed by atoms with Crippen molar-refractivity contribution < 1.29 is 22.7 Å². The predicted octanol–water partition coefficient (Wildman–Crippen LogP) is 1.66.